The van der Waals surface area contributed by atoms with E-state index in [1.807, 2.05) is 11.0 Å². The van der Waals surface area contributed by atoms with Crippen LogP contribution >= 0.6 is 11.6 Å². The summed E-state index contributed by atoms with van der Waals surface area (Å²) in [4.78, 5) is 32.5. The number of carbonyl (C=O) groups is 2. The van der Waals surface area contributed by atoms with Crippen molar-refractivity contribution in [3.63, 3.8) is 0 Å². The van der Waals surface area contributed by atoms with Gasteiger partial charge in [0.05, 0.1) is 5.54 Å². The summed E-state index contributed by atoms with van der Waals surface area (Å²) in [5.74, 6) is 0.202. The van der Waals surface area contributed by atoms with Crippen molar-refractivity contribution in [1.82, 2.24) is 20.5 Å². The Labute approximate surface area is 160 Å². The fourth-order valence-electron chi connectivity index (χ4n) is 4.21. The van der Waals surface area contributed by atoms with Crippen molar-refractivity contribution in [3.05, 3.63) is 23.2 Å². The molecule has 1 aromatic heterocycles. The van der Waals surface area contributed by atoms with Gasteiger partial charge in [-0.25, -0.2) is 4.79 Å². The highest BCUT2D eigenvalue weighted by atomic mass is 35.5. The van der Waals surface area contributed by atoms with E-state index in [0.717, 1.165) is 31.4 Å². The lowest BCUT2D eigenvalue weighted by Gasteiger charge is -2.48. The molecule has 3 fully saturated rings. The summed E-state index contributed by atoms with van der Waals surface area (Å²) in [7, 11) is 0. The lowest BCUT2D eigenvalue weighted by Crippen LogP contribution is -2.70. The van der Waals surface area contributed by atoms with E-state index in [1.165, 1.54) is 0 Å². The highest BCUT2D eigenvalue weighted by Gasteiger charge is 2.50. The number of carbonyl (C=O) groups excluding carboxylic acids is 2. The Bertz CT molecular complexity index is 915. The number of hydrogen-bond donors (Lipinski definition) is 2. The number of piperidine rings is 1. The van der Waals surface area contributed by atoms with E-state index in [0.29, 0.717) is 36.3 Å². The lowest BCUT2D eigenvalue weighted by molar-refractivity contribution is -0.144. The van der Waals surface area contributed by atoms with Gasteiger partial charge in [0.1, 0.15) is 5.52 Å². The lowest BCUT2D eigenvalue weighted by atomic mass is 9.87. The maximum Gasteiger partial charge on any atom is 0.315 e. The topological polar surface area (TPSA) is 90.7 Å². The van der Waals surface area contributed by atoms with Crippen LogP contribution in [-0.2, 0) is 4.79 Å². The van der Waals surface area contributed by atoms with E-state index >= 15 is 0 Å². The van der Waals surface area contributed by atoms with Gasteiger partial charge >= 0.3 is 6.03 Å². The molecule has 8 nitrogen and oxygen atoms in total. The number of rotatable bonds is 2. The summed E-state index contributed by atoms with van der Waals surface area (Å²) in [6.45, 7) is 3.24. The SMILES string of the molecule is O=C1NCC2(CN(C(=O)C3CCN(c4nc5ccc(Cl)cc5o4)CC3)C2)N1. The van der Waals surface area contributed by atoms with E-state index in [2.05, 4.69) is 20.5 Å². The van der Waals surface area contributed by atoms with Crippen LogP contribution in [0.25, 0.3) is 11.1 Å². The molecule has 3 saturated heterocycles. The predicted octanol–water partition coefficient (Wildman–Crippen LogP) is 1.59. The highest BCUT2D eigenvalue weighted by Crippen LogP contribution is 2.31. The summed E-state index contributed by atoms with van der Waals surface area (Å²) < 4.78 is 5.83. The Hall–Kier alpha value is -2.48. The minimum Gasteiger partial charge on any atom is -0.423 e. The Kier molecular flexibility index (Phi) is 3.72. The van der Waals surface area contributed by atoms with Gasteiger partial charge < -0.3 is 24.9 Å². The summed E-state index contributed by atoms with van der Waals surface area (Å²) >= 11 is 6.00. The van der Waals surface area contributed by atoms with Crippen LogP contribution in [0.4, 0.5) is 10.8 Å². The molecule has 2 N–H and O–H groups in total. The molecule has 3 amide bonds. The number of oxazole rings is 1. The summed E-state index contributed by atoms with van der Waals surface area (Å²) in [6.07, 6.45) is 1.54. The van der Waals surface area contributed by atoms with Crippen molar-refractivity contribution < 1.29 is 14.0 Å². The molecular weight excluding hydrogens is 370 g/mol. The minimum absolute atomic E-state index is 0.0162. The number of halogens is 1. The van der Waals surface area contributed by atoms with Gasteiger partial charge in [-0.3, -0.25) is 4.79 Å². The molecule has 0 unspecified atom stereocenters. The number of aromatic nitrogens is 1. The van der Waals surface area contributed by atoms with Crippen LogP contribution in [0.5, 0.6) is 0 Å². The Morgan fingerprint density at radius 2 is 2.07 bits per heavy atom. The number of likely N-dealkylation sites (tertiary alicyclic amines) is 1. The molecule has 0 aliphatic carbocycles. The molecule has 1 spiro atoms. The van der Waals surface area contributed by atoms with Crippen molar-refractivity contribution in [2.24, 2.45) is 5.92 Å². The number of nitrogens with one attached hydrogen (secondary N) is 2. The summed E-state index contributed by atoms with van der Waals surface area (Å²) in [5, 5.41) is 6.31. The third-order valence-corrected chi connectivity index (χ3v) is 5.95. The van der Waals surface area contributed by atoms with Crippen molar-refractivity contribution in [3.8, 4) is 0 Å². The van der Waals surface area contributed by atoms with Crippen molar-refractivity contribution in [2.75, 3.05) is 37.6 Å². The second-order valence-corrected chi connectivity index (χ2v) is 8.09. The predicted molar refractivity (Wildman–Crippen MR) is 99.8 cm³/mol. The van der Waals surface area contributed by atoms with Crippen LogP contribution in [0.1, 0.15) is 12.8 Å². The van der Waals surface area contributed by atoms with Crippen LogP contribution < -0.4 is 15.5 Å². The first-order valence-electron chi connectivity index (χ1n) is 9.17. The normalized spacial score (nSPS) is 22.0. The van der Waals surface area contributed by atoms with Crippen molar-refractivity contribution in [2.45, 2.75) is 18.4 Å². The van der Waals surface area contributed by atoms with Crippen molar-refractivity contribution >= 4 is 40.7 Å². The van der Waals surface area contributed by atoms with E-state index in [9.17, 15) is 9.59 Å². The molecule has 0 atom stereocenters. The second-order valence-electron chi connectivity index (χ2n) is 7.65. The molecule has 0 radical (unpaired) electrons. The number of anilines is 1. The molecule has 3 aliphatic heterocycles. The molecular formula is C18H20ClN5O3. The fourth-order valence-corrected chi connectivity index (χ4v) is 4.37. The van der Waals surface area contributed by atoms with Gasteiger partial charge in [-0.1, -0.05) is 11.6 Å². The van der Waals surface area contributed by atoms with Gasteiger partial charge in [0, 0.05) is 49.7 Å². The molecule has 5 rings (SSSR count). The van der Waals surface area contributed by atoms with E-state index < -0.39 is 0 Å². The Balaban J connectivity index is 1.19. The first kappa shape index (κ1) is 16.7. The first-order chi connectivity index (χ1) is 13.0. The largest absolute Gasteiger partial charge is 0.423 e. The number of fused-ring (bicyclic) bond motifs is 1. The van der Waals surface area contributed by atoms with Gasteiger partial charge in [-0.05, 0) is 25.0 Å². The molecule has 142 valence electrons. The number of nitrogens with zero attached hydrogens (tertiary/aromatic N) is 3. The number of urea groups is 1. The Morgan fingerprint density at radius 3 is 2.78 bits per heavy atom. The first-order valence-corrected chi connectivity index (χ1v) is 9.55. The van der Waals surface area contributed by atoms with Crippen LogP contribution in [0.2, 0.25) is 5.02 Å². The number of hydrogen-bond acceptors (Lipinski definition) is 5. The van der Waals surface area contributed by atoms with Gasteiger partial charge in [0.15, 0.2) is 5.58 Å². The molecule has 2 aromatic rings. The second kappa shape index (κ2) is 6.02. The fraction of sp³-hybridized carbons (Fsp3) is 0.500. The zero-order chi connectivity index (χ0) is 18.6. The molecule has 0 saturated carbocycles. The maximum atomic E-state index is 12.7. The Morgan fingerprint density at radius 1 is 1.30 bits per heavy atom. The zero-order valence-corrected chi connectivity index (χ0v) is 15.5. The molecule has 3 aliphatic rings. The van der Waals surface area contributed by atoms with Crippen LogP contribution in [0, 0.1) is 5.92 Å². The maximum absolute atomic E-state index is 12.7. The summed E-state index contributed by atoms with van der Waals surface area (Å²) in [5.41, 5.74) is 1.20. The third-order valence-electron chi connectivity index (χ3n) is 5.72. The van der Waals surface area contributed by atoms with E-state index in [-0.39, 0.29) is 23.4 Å². The van der Waals surface area contributed by atoms with Crippen LogP contribution in [-0.4, -0.2) is 60.1 Å². The number of benzene rings is 1. The molecule has 1 aromatic carbocycles. The summed E-state index contributed by atoms with van der Waals surface area (Å²) in [6, 6.07) is 5.84. The van der Waals surface area contributed by atoms with Crippen molar-refractivity contribution in [1.29, 1.82) is 0 Å². The quantitative estimate of drug-likeness (QED) is 0.814. The monoisotopic (exact) mass is 389 g/mol. The zero-order valence-electron chi connectivity index (χ0n) is 14.7. The molecule has 4 heterocycles. The van der Waals surface area contributed by atoms with Gasteiger partial charge in [0.25, 0.3) is 6.01 Å². The van der Waals surface area contributed by atoms with E-state index in [1.54, 1.807) is 12.1 Å². The number of amides is 3. The average molecular weight is 390 g/mol. The van der Waals surface area contributed by atoms with Gasteiger partial charge in [-0.15, -0.1) is 0 Å². The standard InChI is InChI=1S/C18H20ClN5O3/c19-12-1-2-13-14(7-12)27-17(21-13)23-5-3-11(4-6-23)15(25)24-9-18(10-24)8-20-16(26)22-18/h1-2,7,11H,3-6,8-10H2,(H2,20,22,26). The van der Waals surface area contributed by atoms with Gasteiger partial charge in [-0.2, -0.15) is 4.98 Å². The smallest absolute Gasteiger partial charge is 0.315 e. The third kappa shape index (κ3) is 2.88. The average Bonchev–Trinajstić information content (AvgIpc) is 3.23. The van der Waals surface area contributed by atoms with Crippen LogP contribution in [0.15, 0.2) is 22.6 Å². The molecule has 9 heteroatoms. The minimum atomic E-state index is -0.257. The van der Waals surface area contributed by atoms with E-state index in [4.69, 9.17) is 16.0 Å². The van der Waals surface area contributed by atoms with Gasteiger partial charge in [0.2, 0.25) is 5.91 Å². The molecule has 27 heavy (non-hydrogen) atoms. The highest BCUT2D eigenvalue weighted by molar-refractivity contribution is 6.31. The van der Waals surface area contributed by atoms with Crippen LogP contribution in [0.3, 0.4) is 0 Å². The molecule has 0 bridgehead atoms.